The highest BCUT2D eigenvalue weighted by molar-refractivity contribution is 7.09. The van der Waals surface area contributed by atoms with Crippen LogP contribution in [0.1, 0.15) is 20.9 Å². The van der Waals surface area contributed by atoms with Crippen LogP contribution in [0.4, 0.5) is 5.69 Å². The molecule has 1 N–H and O–H groups in total. The number of benzene rings is 1. The van der Waals surface area contributed by atoms with Gasteiger partial charge in [-0.1, -0.05) is 11.6 Å². The van der Waals surface area contributed by atoms with Crippen molar-refractivity contribution in [3.63, 3.8) is 0 Å². The average molecular weight is 297 g/mol. The van der Waals surface area contributed by atoms with Gasteiger partial charge < -0.3 is 10.1 Å². The molecule has 6 heteroatoms. The zero-order chi connectivity index (χ0) is 13.8. The van der Waals surface area contributed by atoms with E-state index in [0.717, 1.165) is 10.6 Å². The fourth-order valence-electron chi connectivity index (χ4n) is 1.62. The van der Waals surface area contributed by atoms with Crippen LogP contribution in [0.2, 0.25) is 5.02 Å². The van der Waals surface area contributed by atoms with Crippen molar-refractivity contribution in [2.24, 2.45) is 0 Å². The van der Waals surface area contributed by atoms with Crippen molar-refractivity contribution in [2.75, 3.05) is 12.4 Å². The van der Waals surface area contributed by atoms with E-state index in [-0.39, 0.29) is 5.97 Å². The number of anilines is 1. The second kappa shape index (κ2) is 6.04. The molecule has 1 aromatic carbocycles. The molecule has 2 rings (SSSR count). The summed E-state index contributed by atoms with van der Waals surface area (Å²) in [6.07, 6.45) is 0. The average Bonchev–Trinajstić information content (AvgIpc) is 2.81. The Morgan fingerprint density at radius 1 is 1.53 bits per heavy atom. The molecule has 1 aromatic heterocycles. The molecule has 0 fully saturated rings. The summed E-state index contributed by atoms with van der Waals surface area (Å²) >= 11 is 7.52. The van der Waals surface area contributed by atoms with E-state index < -0.39 is 0 Å². The molecular formula is C13H13ClN2O2S. The van der Waals surface area contributed by atoms with Crippen LogP contribution in [0, 0.1) is 6.92 Å². The molecular weight excluding hydrogens is 284 g/mol. The summed E-state index contributed by atoms with van der Waals surface area (Å²) in [6, 6.07) is 5.02. The van der Waals surface area contributed by atoms with Crippen LogP contribution in [-0.2, 0) is 11.3 Å². The predicted molar refractivity (Wildman–Crippen MR) is 77.0 cm³/mol. The van der Waals surface area contributed by atoms with E-state index in [2.05, 4.69) is 10.3 Å². The van der Waals surface area contributed by atoms with Crippen molar-refractivity contribution in [1.29, 1.82) is 0 Å². The molecule has 100 valence electrons. The maximum Gasteiger partial charge on any atom is 0.339 e. The highest BCUT2D eigenvalue weighted by Crippen LogP contribution is 2.23. The van der Waals surface area contributed by atoms with E-state index in [1.807, 2.05) is 6.92 Å². The number of halogens is 1. The molecule has 19 heavy (non-hydrogen) atoms. The number of esters is 1. The molecule has 0 bridgehead atoms. The number of aromatic nitrogens is 1. The van der Waals surface area contributed by atoms with E-state index >= 15 is 0 Å². The fraction of sp³-hybridized carbons (Fsp3) is 0.231. The number of carbonyl (C=O) groups is 1. The number of hydrogen-bond donors (Lipinski definition) is 1. The van der Waals surface area contributed by atoms with Crippen molar-refractivity contribution in [3.8, 4) is 0 Å². The molecule has 0 saturated heterocycles. The number of ether oxygens (including phenoxy) is 1. The van der Waals surface area contributed by atoms with Crippen LogP contribution in [0.5, 0.6) is 0 Å². The van der Waals surface area contributed by atoms with Crippen LogP contribution in [0.3, 0.4) is 0 Å². The van der Waals surface area contributed by atoms with Gasteiger partial charge in [-0.25, -0.2) is 9.78 Å². The summed E-state index contributed by atoms with van der Waals surface area (Å²) in [5.74, 6) is -0.389. The van der Waals surface area contributed by atoms with Crippen molar-refractivity contribution in [3.05, 3.63) is 44.9 Å². The lowest BCUT2D eigenvalue weighted by Crippen LogP contribution is -2.08. The second-order valence-electron chi connectivity index (χ2n) is 3.90. The van der Waals surface area contributed by atoms with E-state index in [4.69, 9.17) is 16.3 Å². The zero-order valence-electron chi connectivity index (χ0n) is 10.6. The van der Waals surface area contributed by atoms with Crippen LogP contribution < -0.4 is 5.32 Å². The molecule has 0 saturated carbocycles. The third-order valence-corrected chi connectivity index (χ3v) is 3.84. The SMILES string of the molecule is COC(=O)c1ccc(Cl)cc1NCc1scnc1C. The maximum absolute atomic E-state index is 11.7. The summed E-state index contributed by atoms with van der Waals surface area (Å²) in [6.45, 7) is 2.55. The first kappa shape index (κ1) is 13.8. The standard InChI is InChI=1S/C13H13ClN2O2S/c1-8-12(19-7-16-8)6-15-11-5-9(14)3-4-10(11)13(17)18-2/h3-5,7,15H,6H2,1-2H3. The largest absolute Gasteiger partial charge is 0.465 e. The lowest BCUT2D eigenvalue weighted by molar-refractivity contribution is 0.0602. The van der Waals surface area contributed by atoms with E-state index in [1.54, 1.807) is 35.0 Å². The third kappa shape index (κ3) is 3.24. The minimum Gasteiger partial charge on any atom is -0.465 e. The van der Waals surface area contributed by atoms with Gasteiger partial charge in [-0.2, -0.15) is 0 Å². The van der Waals surface area contributed by atoms with Gasteiger partial charge in [0.2, 0.25) is 0 Å². The van der Waals surface area contributed by atoms with Gasteiger partial charge in [0, 0.05) is 9.90 Å². The lowest BCUT2D eigenvalue weighted by atomic mass is 10.1. The van der Waals surface area contributed by atoms with Gasteiger partial charge in [0.1, 0.15) is 0 Å². The number of nitrogens with one attached hydrogen (secondary N) is 1. The van der Waals surface area contributed by atoms with Gasteiger partial charge in [0.05, 0.1) is 36.1 Å². The Morgan fingerprint density at radius 3 is 2.95 bits per heavy atom. The zero-order valence-corrected chi connectivity index (χ0v) is 12.1. The van der Waals surface area contributed by atoms with Gasteiger partial charge in [-0.3, -0.25) is 0 Å². The molecule has 0 radical (unpaired) electrons. The topological polar surface area (TPSA) is 51.2 Å². The maximum atomic E-state index is 11.7. The summed E-state index contributed by atoms with van der Waals surface area (Å²) in [5, 5.41) is 3.76. The molecule has 0 amide bonds. The summed E-state index contributed by atoms with van der Waals surface area (Å²) in [4.78, 5) is 17.0. The number of aryl methyl sites for hydroxylation is 1. The minimum atomic E-state index is -0.389. The summed E-state index contributed by atoms with van der Waals surface area (Å²) < 4.78 is 4.75. The first-order valence-corrected chi connectivity index (χ1v) is 6.88. The van der Waals surface area contributed by atoms with Crippen LogP contribution in [-0.4, -0.2) is 18.1 Å². The quantitative estimate of drug-likeness (QED) is 0.877. The Hall–Kier alpha value is -1.59. The molecule has 1 heterocycles. The Morgan fingerprint density at radius 2 is 2.32 bits per heavy atom. The predicted octanol–water partition coefficient (Wildman–Crippen LogP) is 3.50. The van der Waals surface area contributed by atoms with E-state index in [9.17, 15) is 4.79 Å². The molecule has 0 atom stereocenters. The second-order valence-corrected chi connectivity index (χ2v) is 5.27. The van der Waals surface area contributed by atoms with Gasteiger partial charge in [0.15, 0.2) is 0 Å². The molecule has 0 aliphatic carbocycles. The van der Waals surface area contributed by atoms with Crippen LogP contribution >= 0.6 is 22.9 Å². The first-order chi connectivity index (χ1) is 9.11. The molecule has 2 aromatic rings. The first-order valence-electron chi connectivity index (χ1n) is 5.62. The van der Waals surface area contributed by atoms with Crippen molar-refractivity contribution in [2.45, 2.75) is 13.5 Å². The number of carbonyl (C=O) groups excluding carboxylic acids is 1. The Kier molecular flexibility index (Phi) is 4.39. The summed E-state index contributed by atoms with van der Waals surface area (Å²) in [7, 11) is 1.36. The smallest absolute Gasteiger partial charge is 0.339 e. The number of hydrogen-bond acceptors (Lipinski definition) is 5. The highest BCUT2D eigenvalue weighted by atomic mass is 35.5. The lowest BCUT2D eigenvalue weighted by Gasteiger charge is -2.10. The number of nitrogens with zero attached hydrogens (tertiary/aromatic N) is 1. The van der Waals surface area contributed by atoms with E-state index in [1.165, 1.54) is 7.11 Å². The minimum absolute atomic E-state index is 0.389. The Balaban J connectivity index is 2.21. The van der Waals surface area contributed by atoms with E-state index in [0.29, 0.717) is 22.8 Å². The molecule has 0 aliphatic rings. The normalized spacial score (nSPS) is 10.3. The van der Waals surface area contributed by atoms with Crippen molar-refractivity contribution >= 4 is 34.6 Å². The molecule has 0 aliphatic heterocycles. The fourth-order valence-corrected chi connectivity index (χ4v) is 2.51. The van der Waals surface area contributed by atoms with Crippen molar-refractivity contribution in [1.82, 2.24) is 4.98 Å². The van der Waals surface area contributed by atoms with Gasteiger partial charge >= 0.3 is 5.97 Å². The van der Waals surface area contributed by atoms with Gasteiger partial charge in [0.25, 0.3) is 0 Å². The number of thiazole rings is 1. The third-order valence-electron chi connectivity index (χ3n) is 2.67. The molecule has 0 spiro atoms. The van der Waals surface area contributed by atoms with Crippen LogP contribution in [0.25, 0.3) is 0 Å². The number of methoxy groups -OCH3 is 1. The monoisotopic (exact) mass is 296 g/mol. The Labute approximate surface area is 120 Å². The van der Waals surface area contributed by atoms with Gasteiger partial charge in [-0.05, 0) is 25.1 Å². The highest BCUT2D eigenvalue weighted by Gasteiger charge is 2.12. The molecule has 0 unspecified atom stereocenters. The van der Waals surface area contributed by atoms with Crippen molar-refractivity contribution < 1.29 is 9.53 Å². The van der Waals surface area contributed by atoms with Gasteiger partial charge in [-0.15, -0.1) is 11.3 Å². The van der Waals surface area contributed by atoms with Crippen LogP contribution in [0.15, 0.2) is 23.7 Å². The Bertz CT molecular complexity index is 598. The number of rotatable bonds is 4. The summed E-state index contributed by atoms with van der Waals surface area (Å²) in [5.41, 5.74) is 3.91. The molecule has 4 nitrogen and oxygen atoms in total.